The molecule has 0 radical (unpaired) electrons. The third-order valence-electron chi connectivity index (χ3n) is 4.11. The topological polar surface area (TPSA) is 45.2 Å². The first-order valence-electron chi connectivity index (χ1n) is 8.17. The van der Waals surface area contributed by atoms with Crippen molar-refractivity contribution in [3.05, 3.63) is 83.7 Å². The quantitative estimate of drug-likeness (QED) is 0.752. The number of carbonyl (C=O) groups excluding carboxylic acids is 1. The molecule has 3 aromatic rings. The maximum atomic E-state index is 12.7. The molecular formula is C21H21N3O. The first-order valence-corrected chi connectivity index (χ1v) is 8.17. The Hall–Kier alpha value is -3.14. The maximum Gasteiger partial charge on any atom is 0.259 e. The fourth-order valence-corrected chi connectivity index (χ4v) is 2.61. The summed E-state index contributed by atoms with van der Waals surface area (Å²) in [7, 11) is 1.77. The highest BCUT2D eigenvalue weighted by molar-refractivity contribution is 6.06. The molecule has 1 aromatic heterocycles. The number of amides is 1. The number of nitrogens with one attached hydrogen (secondary N) is 1. The molecular weight excluding hydrogens is 310 g/mol. The first kappa shape index (κ1) is 16.7. The van der Waals surface area contributed by atoms with Crippen LogP contribution in [-0.4, -0.2) is 17.9 Å². The molecule has 126 valence electrons. The molecule has 4 nitrogen and oxygen atoms in total. The van der Waals surface area contributed by atoms with E-state index in [0.717, 1.165) is 22.6 Å². The monoisotopic (exact) mass is 331 g/mol. The number of aryl methyl sites for hydroxylation is 2. The Morgan fingerprint density at radius 2 is 1.76 bits per heavy atom. The lowest BCUT2D eigenvalue weighted by Gasteiger charge is -2.18. The Labute approximate surface area is 148 Å². The van der Waals surface area contributed by atoms with Crippen molar-refractivity contribution in [2.45, 2.75) is 13.8 Å². The lowest BCUT2D eigenvalue weighted by molar-refractivity contribution is 0.0992. The number of nitrogens with zero attached hydrogens (tertiary/aromatic N) is 2. The molecule has 0 bridgehead atoms. The van der Waals surface area contributed by atoms with Crippen LogP contribution < -0.4 is 10.2 Å². The molecule has 25 heavy (non-hydrogen) atoms. The number of pyridine rings is 1. The van der Waals surface area contributed by atoms with Gasteiger partial charge >= 0.3 is 0 Å². The molecule has 4 heteroatoms. The summed E-state index contributed by atoms with van der Waals surface area (Å²) in [4.78, 5) is 18.6. The molecule has 0 atom stereocenters. The van der Waals surface area contributed by atoms with Gasteiger partial charge in [0.2, 0.25) is 0 Å². The zero-order valence-corrected chi connectivity index (χ0v) is 14.7. The van der Waals surface area contributed by atoms with Gasteiger partial charge in [-0.25, -0.2) is 0 Å². The van der Waals surface area contributed by atoms with Crippen molar-refractivity contribution in [2.75, 3.05) is 17.3 Å². The van der Waals surface area contributed by atoms with Crippen molar-refractivity contribution in [1.29, 1.82) is 0 Å². The summed E-state index contributed by atoms with van der Waals surface area (Å²) >= 11 is 0. The van der Waals surface area contributed by atoms with Crippen LogP contribution in [-0.2, 0) is 0 Å². The lowest BCUT2D eigenvalue weighted by atomic mass is 10.1. The third kappa shape index (κ3) is 3.86. The van der Waals surface area contributed by atoms with Crippen LogP contribution in [0.1, 0.15) is 21.5 Å². The third-order valence-corrected chi connectivity index (χ3v) is 4.11. The van der Waals surface area contributed by atoms with Crippen LogP contribution in [0.15, 0.2) is 67.0 Å². The molecule has 2 aromatic carbocycles. The standard InChI is InChI=1S/C21H21N3O/c1-15-9-10-16(2)20(11-15)23-18-12-17(13-22-14-18)21(25)24(3)19-7-5-4-6-8-19/h4-14,23H,1-3H3. The molecule has 0 unspecified atom stereocenters. The van der Waals surface area contributed by atoms with Crippen LogP contribution in [0.4, 0.5) is 17.1 Å². The molecule has 3 rings (SSSR count). The Kier molecular flexibility index (Phi) is 4.80. The summed E-state index contributed by atoms with van der Waals surface area (Å²) in [5.74, 6) is -0.0942. The van der Waals surface area contributed by atoms with Gasteiger partial charge in [-0.15, -0.1) is 0 Å². The Morgan fingerprint density at radius 1 is 1.00 bits per heavy atom. The Morgan fingerprint density at radius 3 is 2.52 bits per heavy atom. The predicted molar refractivity (Wildman–Crippen MR) is 103 cm³/mol. The number of carbonyl (C=O) groups is 1. The fourth-order valence-electron chi connectivity index (χ4n) is 2.61. The number of hydrogen-bond donors (Lipinski definition) is 1. The number of aromatic nitrogens is 1. The molecule has 0 aliphatic rings. The lowest BCUT2D eigenvalue weighted by Crippen LogP contribution is -2.26. The number of benzene rings is 2. The highest BCUT2D eigenvalue weighted by Gasteiger charge is 2.14. The van der Waals surface area contributed by atoms with Gasteiger partial charge in [0.25, 0.3) is 5.91 Å². The zero-order valence-electron chi connectivity index (χ0n) is 14.7. The smallest absolute Gasteiger partial charge is 0.259 e. The molecule has 0 aliphatic heterocycles. The van der Waals surface area contributed by atoms with E-state index in [9.17, 15) is 4.79 Å². The van der Waals surface area contributed by atoms with E-state index in [1.165, 1.54) is 5.56 Å². The van der Waals surface area contributed by atoms with Crippen molar-refractivity contribution in [2.24, 2.45) is 0 Å². The number of rotatable bonds is 4. The predicted octanol–water partition coefficient (Wildman–Crippen LogP) is 4.72. The minimum absolute atomic E-state index is 0.0942. The van der Waals surface area contributed by atoms with E-state index in [4.69, 9.17) is 0 Å². The van der Waals surface area contributed by atoms with Gasteiger partial charge in [-0.05, 0) is 49.2 Å². The molecule has 1 heterocycles. The van der Waals surface area contributed by atoms with Crippen LogP contribution in [0, 0.1) is 13.8 Å². The fraction of sp³-hybridized carbons (Fsp3) is 0.143. The maximum absolute atomic E-state index is 12.7. The van der Waals surface area contributed by atoms with Gasteiger partial charge in [0.1, 0.15) is 0 Å². The van der Waals surface area contributed by atoms with Crippen molar-refractivity contribution in [3.63, 3.8) is 0 Å². The summed E-state index contributed by atoms with van der Waals surface area (Å²) in [5.41, 5.74) is 5.52. The van der Waals surface area contributed by atoms with Gasteiger partial charge < -0.3 is 10.2 Å². The van der Waals surface area contributed by atoms with Crippen LogP contribution >= 0.6 is 0 Å². The Bertz CT molecular complexity index is 891. The molecule has 1 N–H and O–H groups in total. The van der Waals surface area contributed by atoms with Crippen molar-refractivity contribution >= 4 is 23.0 Å². The second kappa shape index (κ2) is 7.18. The molecule has 0 aliphatic carbocycles. The molecule has 0 spiro atoms. The van der Waals surface area contributed by atoms with E-state index >= 15 is 0 Å². The van der Waals surface area contributed by atoms with Gasteiger partial charge in [-0.2, -0.15) is 0 Å². The summed E-state index contributed by atoms with van der Waals surface area (Å²) in [5, 5.41) is 3.35. The SMILES string of the molecule is Cc1ccc(C)c(Nc2cncc(C(=O)N(C)c3ccccc3)c2)c1. The van der Waals surface area contributed by atoms with E-state index in [2.05, 4.69) is 35.4 Å². The average Bonchev–Trinajstić information content (AvgIpc) is 2.64. The van der Waals surface area contributed by atoms with Crippen LogP contribution in [0.25, 0.3) is 0 Å². The van der Waals surface area contributed by atoms with E-state index in [0.29, 0.717) is 5.56 Å². The van der Waals surface area contributed by atoms with E-state index < -0.39 is 0 Å². The minimum Gasteiger partial charge on any atom is -0.354 e. The average molecular weight is 331 g/mol. The molecule has 0 saturated carbocycles. The van der Waals surface area contributed by atoms with Crippen molar-refractivity contribution in [3.8, 4) is 0 Å². The normalized spacial score (nSPS) is 10.4. The van der Waals surface area contributed by atoms with Crippen molar-refractivity contribution in [1.82, 2.24) is 4.98 Å². The largest absolute Gasteiger partial charge is 0.354 e. The van der Waals surface area contributed by atoms with Crippen LogP contribution in [0.3, 0.4) is 0 Å². The second-order valence-electron chi connectivity index (χ2n) is 6.11. The van der Waals surface area contributed by atoms with Gasteiger partial charge in [0.15, 0.2) is 0 Å². The zero-order chi connectivity index (χ0) is 17.8. The van der Waals surface area contributed by atoms with Gasteiger partial charge in [0.05, 0.1) is 17.4 Å². The number of hydrogen-bond acceptors (Lipinski definition) is 3. The summed E-state index contributed by atoms with van der Waals surface area (Å²) in [6.45, 7) is 4.10. The van der Waals surface area contributed by atoms with Gasteiger partial charge in [-0.3, -0.25) is 9.78 Å². The van der Waals surface area contributed by atoms with E-state index in [1.54, 1.807) is 24.3 Å². The summed E-state index contributed by atoms with van der Waals surface area (Å²) < 4.78 is 0. The number of para-hydroxylation sites is 1. The van der Waals surface area contributed by atoms with E-state index in [1.807, 2.05) is 43.3 Å². The van der Waals surface area contributed by atoms with Gasteiger partial charge in [0, 0.05) is 24.6 Å². The highest BCUT2D eigenvalue weighted by Crippen LogP contribution is 2.23. The van der Waals surface area contributed by atoms with Crippen molar-refractivity contribution < 1.29 is 4.79 Å². The second-order valence-corrected chi connectivity index (χ2v) is 6.11. The molecule has 0 fully saturated rings. The van der Waals surface area contributed by atoms with Crippen LogP contribution in [0.2, 0.25) is 0 Å². The van der Waals surface area contributed by atoms with Crippen LogP contribution in [0.5, 0.6) is 0 Å². The first-order chi connectivity index (χ1) is 12.0. The Balaban J connectivity index is 1.84. The van der Waals surface area contributed by atoms with E-state index in [-0.39, 0.29) is 5.91 Å². The summed E-state index contributed by atoms with van der Waals surface area (Å²) in [6.07, 6.45) is 3.32. The number of anilines is 3. The van der Waals surface area contributed by atoms with Gasteiger partial charge in [-0.1, -0.05) is 30.3 Å². The molecule has 0 saturated heterocycles. The highest BCUT2D eigenvalue weighted by atomic mass is 16.2. The molecule has 1 amide bonds. The summed E-state index contributed by atoms with van der Waals surface area (Å²) in [6, 6.07) is 17.6. The minimum atomic E-state index is -0.0942.